The molecule has 0 saturated heterocycles. The fourth-order valence-electron chi connectivity index (χ4n) is 2.50. The van der Waals surface area contributed by atoms with E-state index in [0.29, 0.717) is 17.9 Å². The standard InChI is InChI=1S/C16H16N4O3S/c1-10-15(20(21)22)11(2)19(18-10)8-13-9-24-16(17-13)12-4-6-14(23-3)7-5-12/h4-7,9H,8H2,1-3H3. The Kier molecular flexibility index (Phi) is 4.30. The molecule has 24 heavy (non-hydrogen) atoms. The molecular formula is C16H16N4O3S. The number of hydrogen-bond acceptors (Lipinski definition) is 6. The summed E-state index contributed by atoms with van der Waals surface area (Å²) in [5, 5.41) is 18.2. The van der Waals surface area contributed by atoms with E-state index in [1.54, 1.807) is 25.6 Å². The Hall–Kier alpha value is -2.74. The summed E-state index contributed by atoms with van der Waals surface area (Å²) in [7, 11) is 1.63. The summed E-state index contributed by atoms with van der Waals surface area (Å²) in [5.41, 5.74) is 2.86. The van der Waals surface area contributed by atoms with Gasteiger partial charge in [-0.3, -0.25) is 14.8 Å². The number of hydrogen-bond donors (Lipinski definition) is 0. The molecule has 0 saturated carbocycles. The molecule has 1 aromatic carbocycles. The molecule has 3 aromatic rings. The number of methoxy groups -OCH3 is 1. The minimum absolute atomic E-state index is 0.0700. The summed E-state index contributed by atoms with van der Waals surface area (Å²) in [5.74, 6) is 0.797. The highest BCUT2D eigenvalue weighted by Gasteiger charge is 2.22. The van der Waals surface area contributed by atoms with Crippen LogP contribution in [0.4, 0.5) is 5.69 Å². The molecule has 0 unspecified atom stereocenters. The van der Waals surface area contributed by atoms with Crippen LogP contribution in [0.2, 0.25) is 0 Å². The van der Waals surface area contributed by atoms with E-state index < -0.39 is 4.92 Å². The van der Waals surface area contributed by atoms with Gasteiger partial charge in [-0.05, 0) is 38.1 Å². The second-order valence-electron chi connectivity index (χ2n) is 5.31. The van der Waals surface area contributed by atoms with Crippen molar-refractivity contribution >= 4 is 17.0 Å². The third-order valence-electron chi connectivity index (χ3n) is 3.73. The van der Waals surface area contributed by atoms with Crippen LogP contribution < -0.4 is 4.74 Å². The van der Waals surface area contributed by atoms with Gasteiger partial charge in [0.2, 0.25) is 0 Å². The second-order valence-corrected chi connectivity index (χ2v) is 6.16. The number of aryl methyl sites for hydroxylation is 1. The summed E-state index contributed by atoms with van der Waals surface area (Å²) >= 11 is 1.53. The van der Waals surface area contributed by atoms with E-state index in [1.165, 1.54) is 11.3 Å². The van der Waals surface area contributed by atoms with Gasteiger partial charge in [-0.2, -0.15) is 5.10 Å². The van der Waals surface area contributed by atoms with Crippen molar-refractivity contribution in [2.24, 2.45) is 0 Å². The largest absolute Gasteiger partial charge is 0.497 e. The third kappa shape index (κ3) is 3.00. The monoisotopic (exact) mass is 344 g/mol. The third-order valence-corrected chi connectivity index (χ3v) is 4.67. The number of thiazole rings is 1. The van der Waals surface area contributed by atoms with Gasteiger partial charge in [-0.1, -0.05) is 0 Å². The number of nitro groups is 1. The summed E-state index contributed by atoms with van der Waals surface area (Å²) in [6.07, 6.45) is 0. The van der Waals surface area contributed by atoms with Gasteiger partial charge in [0.15, 0.2) is 0 Å². The van der Waals surface area contributed by atoms with E-state index in [0.717, 1.165) is 22.0 Å². The lowest BCUT2D eigenvalue weighted by molar-refractivity contribution is -0.386. The number of ether oxygens (including phenoxy) is 1. The van der Waals surface area contributed by atoms with E-state index in [1.807, 2.05) is 29.6 Å². The van der Waals surface area contributed by atoms with Gasteiger partial charge in [-0.15, -0.1) is 11.3 Å². The topological polar surface area (TPSA) is 83.1 Å². The van der Waals surface area contributed by atoms with Gasteiger partial charge in [0.1, 0.15) is 22.1 Å². The molecule has 2 aromatic heterocycles. The molecule has 0 spiro atoms. The molecule has 8 heteroatoms. The number of rotatable bonds is 5. The van der Waals surface area contributed by atoms with E-state index >= 15 is 0 Å². The molecule has 0 aliphatic heterocycles. The summed E-state index contributed by atoms with van der Waals surface area (Å²) < 4.78 is 6.78. The van der Waals surface area contributed by atoms with Gasteiger partial charge in [-0.25, -0.2) is 4.98 Å². The Bertz CT molecular complexity index is 883. The fourth-order valence-corrected chi connectivity index (χ4v) is 3.32. The quantitative estimate of drug-likeness (QED) is 0.522. The van der Waals surface area contributed by atoms with Crippen LogP contribution in [-0.4, -0.2) is 26.8 Å². The highest BCUT2D eigenvalue weighted by atomic mass is 32.1. The van der Waals surface area contributed by atoms with Crippen molar-refractivity contribution in [3.63, 3.8) is 0 Å². The van der Waals surface area contributed by atoms with E-state index in [-0.39, 0.29) is 5.69 Å². The van der Waals surface area contributed by atoms with Crippen molar-refractivity contribution in [3.8, 4) is 16.3 Å². The maximum atomic E-state index is 11.1. The molecule has 2 heterocycles. The van der Waals surface area contributed by atoms with E-state index in [2.05, 4.69) is 10.1 Å². The molecule has 0 atom stereocenters. The smallest absolute Gasteiger partial charge is 0.312 e. The predicted molar refractivity (Wildman–Crippen MR) is 91.6 cm³/mol. The molecular weight excluding hydrogens is 328 g/mol. The van der Waals surface area contributed by atoms with Crippen molar-refractivity contribution in [1.82, 2.24) is 14.8 Å². The zero-order valence-corrected chi connectivity index (χ0v) is 14.3. The molecule has 7 nitrogen and oxygen atoms in total. The number of aromatic nitrogens is 3. The molecule has 0 radical (unpaired) electrons. The van der Waals surface area contributed by atoms with E-state index in [4.69, 9.17) is 4.74 Å². The van der Waals surface area contributed by atoms with Gasteiger partial charge in [0, 0.05) is 10.9 Å². The van der Waals surface area contributed by atoms with Crippen LogP contribution in [0.15, 0.2) is 29.6 Å². The molecule has 0 bridgehead atoms. The molecule has 0 amide bonds. The molecule has 3 rings (SSSR count). The molecule has 0 N–H and O–H groups in total. The highest BCUT2D eigenvalue weighted by molar-refractivity contribution is 7.13. The first-order valence-corrected chi connectivity index (χ1v) is 8.14. The van der Waals surface area contributed by atoms with Crippen LogP contribution in [-0.2, 0) is 6.54 Å². The lowest BCUT2D eigenvalue weighted by Crippen LogP contribution is -2.04. The average molecular weight is 344 g/mol. The maximum Gasteiger partial charge on any atom is 0.312 e. The number of nitrogens with zero attached hydrogens (tertiary/aromatic N) is 4. The zero-order chi connectivity index (χ0) is 17.3. The van der Waals surface area contributed by atoms with Crippen molar-refractivity contribution in [1.29, 1.82) is 0 Å². The minimum atomic E-state index is -0.391. The Morgan fingerprint density at radius 3 is 2.58 bits per heavy atom. The van der Waals surface area contributed by atoms with Gasteiger partial charge in [0.05, 0.1) is 24.3 Å². The highest BCUT2D eigenvalue weighted by Crippen LogP contribution is 2.27. The Labute approximate surface area is 142 Å². The lowest BCUT2D eigenvalue weighted by atomic mass is 10.2. The van der Waals surface area contributed by atoms with Gasteiger partial charge < -0.3 is 4.74 Å². The van der Waals surface area contributed by atoms with Crippen LogP contribution in [0, 0.1) is 24.0 Å². The predicted octanol–water partition coefficient (Wildman–Crippen LogP) is 3.59. The van der Waals surface area contributed by atoms with Crippen molar-refractivity contribution in [3.05, 3.63) is 56.8 Å². The zero-order valence-electron chi connectivity index (χ0n) is 13.5. The van der Waals surface area contributed by atoms with Crippen molar-refractivity contribution in [2.45, 2.75) is 20.4 Å². The first kappa shape index (κ1) is 16.1. The summed E-state index contributed by atoms with van der Waals surface area (Å²) in [4.78, 5) is 15.3. The van der Waals surface area contributed by atoms with Gasteiger partial charge in [0.25, 0.3) is 0 Å². The molecule has 0 fully saturated rings. The van der Waals surface area contributed by atoms with Crippen LogP contribution in [0.25, 0.3) is 10.6 Å². The minimum Gasteiger partial charge on any atom is -0.497 e. The molecule has 0 aliphatic carbocycles. The Morgan fingerprint density at radius 1 is 1.29 bits per heavy atom. The van der Waals surface area contributed by atoms with Gasteiger partial charge >= 0.3 is 5.69 Å². The first-order valence-electron chi connectivity index (χ1n) is 7.27. The van der Waals surface area contributed by atoms with Crippen LogP contribution >= 0.6 is 11.3 Å². The fraction of sp³-hybridized carbons (Fsp3) is 0.250. The summed E-state index contributed by atoms with van der Waals surface area (Å²) in [6.45, 7) is 3.76. The lowest BCUT2D eigenvalue weighted by Gasteiger charge is -2.01. The van der Waals surface area contributed by atoms with Crippen molar-refractivity contribution in [2.75, 3.05) is 7.11 Å². The maximum absolute atomic E-state index is 11.1. The normalized spacial score (nSPS) is 10.8. The first-order chi connectivity index (χ1) is 11.5. The van der Waals surface area contributed by atoms with Crippen LogP contribution in [0.1, 0.15) is 17.1 Å². The van der Waals surface area contributed by atoms with E-state index in [9.17, 15) is 10.1 Å². The second kappa shape index (κ2) is 6.40. The number of benzene rings is 1. The summed E-state index contributed by atoms with van der Waals surface area (Å²) in [6, 6.07) is 7.69. The van der Waals surface area contributed by atoms with Crippen molar-refractivity contribution < 1.29 is 9.66 Å². The van der Waals surface area contributed by atoms with Crippen LogP contribution in [0.3, 0.4) is 0 Å². The van der Waals surface area contributed by atoms with Crippen LogP contribution in [0.5, 0.6) is 5.75 Å². The average Bonchev–Trinajstić information content (AvgIpc) is 3.13. The SMILES string of the molecule is COc1ccc(-c2nc(Cn3nc(C)c([N+](=O)[O-])c3C)cs2)cc1. The Morgan fingerprint density at radius 2 is 2.00 bits per heavy atom. The molecule has 124 valence electrons. The molecule has 0 aliphatic rings. The Balaban J connectivity index is 1.84.